The molecule has 2 aromatic heterocycles. The molecule has 0 aliphatic carbocycles. The highest BCUT2D eigenvalue weighted by Gasteiger charge is 2.09. The summed E-state index contributed by atoms with van der Waals surface area (Å²) in [6.45, 7) is -0.144. The third-order valence-electron chi connectivity index (χ3n) is 3.15. The Balaban J connectivity index is 1.88. The van der Waals surface area contributed by atoms with Gasteiger partial charge in [0.05, 0.1) is 18.5 Å². The fraction of sp³-hybridized carbons (Fsp3) is 0.0667. The molecule has 2 heterocycles. The Labute approximate surface area is 115 Å². The number of pyridine rings is 1. The fourth-order valence-electron chi connectivity index (χ4n) is 2.06. The van der Waals surface area contributed by atoms with Gasteiger partial charge in [-0.05, 0) is 30.3 Å². The Morgan fingerprint density at radius 3 is 3.05 bits per heavy atom. The Hall–Kier alpha value is -2.66. The van der Waals surface area contributed by atoms with E-state index >= 15 is 0 Å². The number of aliphatic hydroxyl groups is 1. The first-order valence-corrected chi connectivity index (χ1v) is 6.20. The Morgan fingerprint density at radius 1 is 1.30 bits per heavy atom. The number of hydrogen-bond donors (Lipinski definition) is 3. The minimum atomic E-state index is -0.226. The number of benzene rings is 1. The highest BCUT2D eigenvalue weighted by molar-refractivity contribution is 6.06. The van der Waals surface area contributed by atoms with Crippen LogP contribution in [0.15, 0.2) is 48.9 Å². The molecule has 20 heavy (non-hydrogen) atoms. The van der Waals surface area contributed by atoms with Crippen LogP contribution in [0.3, 0.4) is 0 Å². The number of H-pyrrole nitrogens is 1. The van der Waals surface area contributed by atoms with Gasteiger partial charge in [0.1, 0.15) is 0 Å². The van der Waals surface area contributed by atoms with Crippen molar-refractivity contribution in [3.63, 3.8) is 0 Å². The third kappa shape index (κ3) is 2.26. The van der Waals surface area contributed by atoms with Gasteiger partial charge >= 0.3 is 0 Å². The SMILES string of the molecule is O=C(Nc1cnccc1CO)c1ccc2[nH]ccc2c1. The van der Waals surface area contributed by atoms with Gasteiger partial charge in [0.25, 0.3) is 5.91 Å². The van der Waals surface area contributed by atoms with Gasteiger partial charge in [-0.25, -0.2) is 0 Å². The maximum atomic E-state index is 12.2. The second-order valence-electron chi connectivity index (χ2n) is 4.42. The van der Waals surface area contributed by atoms with Gasteiger partial charge in [0.15, 0.2) is 0 Å². The molecule has 5 nitrogen and oxygen atoms in total. The average molecular weight is 267 g/mol. The molecule has 3 aromatic rings. The zero-order valence-corrected chi connectivity index (χ0v) is 10.6. The minimum Gasteiger partial charge on any atom is -0.392 e. The number of carbonyl (C=O) groups is 1. The van der Waals surface area contributed by atoms with Gasteiger partial charge in [0, 0.05) is 34.4 Å². The molecule has 0 fully saturated rings. The van der Waals surface area contributed by atoms with Crippen molar-refractivity contribution < 1.29 is 9.90 Å². The van der Waals surface area contributed by atoms with Gasteiger partial charge in [-0.2, -0.15) is 0 Å². The lowest BCUT2D eigenvalue weighted by Crippen LogP contribution is -2.13. The van der Waals surface area contributed by atoms with Crippen LogP contribution in [0.4, 0.5) is 5.69 Å². The summed E-state index contributed by atoms with van der Waals surface area (Å²) in [5.74, 6) is -0.226. The number of nitrogens with one attached hydrogen (secondary N) is 2. The molecule has 5 heteroatoms. The molecular formula is C15H13N3O2. The second-order valence-corrected chi connectivity index (χ2v) is 4.42. The number of rotatable bonds is 3. The summed E-state index contributed by atoms with van der Waals surface area (Å²) in [6.07, 6.45) is 4.93. The second kappa shape index (κ2) is 5.14. The lowest BCUT2D eigenvalue weighted by molar-refractivity contribution is 0.102. The van der Waals surface area contributed by atoms with E-state index in [2.05, 4.69) is 15.3 Å². The summed E-state index contributed by atoms with van der Waals surface area (Å²) in [7, 11) is 0. The molecule has 0 radical (unpaired) electrons. The van der Waals surface area contributed by atoms with E-state index in [0.29, 0.717) is 16.8 Å². The first kappa shape index (κ1) is 12.4. The summed E-state index contributed by atoms with van der Waals surface area (Å²) < 4.78 is 0. The maximum Gasteiger partial charge on any atom is 0.255 e. The van der Waals surface area contributed by atoms with E-state index in [1.807, 2.05) is 24.4 Å². The van der Waals surface area contributed by atoms with Crippen LogP contribution in [0.5, 0.6) is 0 Å². The smallest absolute Gasteiger partial charge is 0.255 e. The Bertz CT molecular complexity index is 764. The van der Waals surface area contributed by atoms with Crippen molar-refractivity contribution in [3.05, 3.63) is 60.0 Å². The molecule has 0 saturated carbocycles. The number of hydrogen-bond acceptors (Lipinski definition) is 3. The van der Waals surface area contributed by atoms with Crippen LogP contribution in [-0.2, 0) is 6.61 Å². The van der Waals surface area contributed by atoms with E-state index in [1.165, 1.54) is 6.20 Å². The molecule has 0 aliphatic heterocycles. The first-order valence-electron chi connectivity index (χ1n) is 6.20. The summed E-state index contributed by atoms with van der Waals surface area (Å²) in [5, 5.41) is 13.0. The molecule has 3 rings (SSSR count). The number of aromatic nitrogens is 2. The summed E-state index contributed by atoms with van der Waals surface area (Å²) >= 11 is 0. The molecule has 0 atom stereocenters. The summed E-state index contributed by atoms with van der Waals surface area (Å²) in [5.41, 5.74) is 2.70. The Kier molecular flexibility index (Phi) is 3.18. The standard InChI is InChI=1S/C15H13N3O2/c19-9-12-3-5-16-8-14(12)18-15(20)11-1-2-13-10(7-11)4-6-17-13/h1-8,17,19H,9H2,(H,18,20). The highest BCUT2D eigenvalue weighted by atomic mass is 16.3. The van der Waals surface area contributed by atoms with E-state index in [-0.39, 0.29) is 12.5 Å². The van der Waals surface area contributed by atoms with Crippen LogP contribution in [-0.4, -0.2) is 21.0 Å². The molecule has 3 N–H and O–H groups in total. The number of carbonyl (C=O) groups excluding carboxylic acids is 1. The van der Waals surface area contributed by atoms with E-state index in [4.69, 9.17) is 0 Å². The normalized spacial score (nSPS) is 10.7. The van der Waals surface area contributed by atoms with Crippen LogP contribution < -0.4 is 5.32 Å². The van der Waals surface area contributed by atoms with Crippen LogP contribution in [0, 0.1) is 0 Å². The highest BCUT2D eigenvalue weighted by Crippen LogP contribution is 2.17. The first-order chi connectivity index (χ1) is 9.78. The van der Waals surface area contributed by atoms with Crippen LogP contribution in [0.2, 0.25) is 0 Å². The van der Waals surface area contributed by atoms with Crippen molar-refractivity contribution in [2.24, 2.45) is 0 Å². The maximum absolute atomic E-state index is 12.2. The van der Waals surface area contributed by atoms with Crippen LogP contribution >= 0.6 is 0 Å². The molecule has 1 aromatic carbocycles. The Morgan fingerprint density at radius 2 is 2.20 bits per heavy atom. The lowest BCUT2D eigenvalue weighted by Gasteiger charge is -2.08. The van der Waals surface area contributed by atoms with E-state index < -0.39 is 0 Å². The van der Waals surface area contributed by atoms with Crippen molar-refractivity contribution >= 4 is 22.5 Å². The predicted octanol–water partition coefficient (Wildman–Crippen LogP) is 2.31. The predicted molar refractivity (Wildman–Crippen MR) is 76.4 cm³/mol. The van der Waals surface area contributed by atoms with Crippen molar-refractivity contribution in [2.75, 3.05) is 5.32 Å². The molecule has 0 bridgehead atoms. The molecule has 100 valence electrons. The van der Waals surface area contributed by atoms with Gasteiger partial charge < -0.3 is 15.4 Å². The summed E-state index contributed by atoms with van der Waals surface area (Å²) in [4.78, 5) is 19.2. The quantitative estimate of drug-likeness (QED) is 0.681. The topological polar surface area (TPSA) is 78.0 Å². The number of nitrogens with zero attached hydrogens (tertiary/aromatic N) is 1. The van der Waals surface area contributed by atoms with Gasteiger partial charge in [-0.15, -0.1) is 0 Å². The number of anilines is 1. The molecule has 1 amide bonds. The van der Waals surface area contributed by atoms with Gasteiger partial charge in [-0.3, -0.25) is 9.78 Å². The number of aliphatic hydroxyl groups excluding tert-OH is 1. The van der Waals surface area contributed by atoms with E-state index in [9.17, 15) is 9.90 Å². The monoisotopic (exact) mass is 267 g/mol. The number of amides is 1. The molecule has 0 spiro atoms. The number of aromatic amines is 1. The van der Waals surface area contributed by atoms with Crippen LogP contribution in [0.1, 0.15) is 15.9 Å². The molecule has 0 unspecified atom stereocenters. The minimum absolute atomic E-state index is 0.144. The zero-order valence-electron chi connectivity index (χ0n) is 10.6. The third-order valence-corrected chi connectivity index (χ3v) is 3.15. The molecule has 0 aliphatic rings. The van der Waals surface area contributed by atoms with Crippen molar-refractivity contribution in [1.29, 1.82) is 0 Å². The number of fused-ring (bicyclic) bond motifs is 1. The van der Waals surface area contributed by atoms with Gasteiger partial charge in [-0.1, -0.05) is 0 Å². The molecule has 0 saturated heterocycles. The zero-order chi connectivity index (χ0) is 13.9. The van der Waals surface area contributed by atoms with E-state index in [0.717, 1.165) is 10.9 Å². The van der Waals surface area contributed by atoms with Crippen molar-refractivity contribution in [2.45, 2.75) is 6.61 Å². The largest absolute Gasteiger partial charge is 0.392 e. The molecular weight excluding hydrogens is 254 g/mol. The van der Waals surface area contributed by atoms with Gasteiger partial charge in [0.2, 0.25) is 0 Å². The van der Waals surface area contributed by atoms with Crippen LogP contribution in [0.25, 0.3) is 10.9 Å². The van der Waals surface area contributed by atoms with Crippen molar-refractivity contribution in [3.8, 4) is 0 Å². The fourth-order valence-corrected chi connectivity index (χ4v) is 2.06. The van der Waals surface area contributed by atoms with E-state index in [1.54, 1.807) is 18.3 Å². The summed E-state index contributed by atoms with van der Waals surface area (Å²) in [6, 6.07) is 9.01. The lowest BCUT2D eigenvalue weighted by atomic mass is 10.1. The van der Waals surface area contributed by atoms with Crippen molar-refractivity contribution in [1.82, 2.24) is 9.97 Å². The average Bonchev–Trinajstić information content (AvgIpc) is 2.95.